The molecule has 1 saturated carbocycles. The Balaban J connectivity index is 2.43. The number of hydrogen-bond donors (Lipinski definition) is 1. The molecule has 68 valence electrons. The Morgan fingerprint density at radius 3 is 2.42 bits per heavy atom. The number of carbonyl (C=O) groups is 2. The van der Waals surface area contributed by atoms with Gasteiger partial charge in [-0.1, -0.05) is 0 Å². The number of rotatable bonds is 3. The van der Waals surface area contributed by atoms with Gasteiger partial charge in [-0.2, -0.15) is 0 Å². The first kappa shape index (κ1) is 9.03. The molecule has 0 bridgehead atoms. The Labute approximate surface area is 71.3 Å². The maximum atomic E-state index is 11.0. The highest BCUT2D eigenvalue weighted by atomic mass is 16.5. The van der Waals surface area contributed by atoms with Crippen molar-refractivity contribution in [2.24, 2.45) is 5.92 Å². The lowest BCUT2D eigenvalue weighted by molar-refractivity contribution is -0.119. The van der Waals surface area contributed by atoms with Gasteiger partial charge in [0.2, 0.25) is 0 Å². The largest absolute Gasteiger partial charge is 0.453 e. The standard InChI is InChI=1S/C8H13NO3/c1-5(10)7(6-3-4-6)9-8(11)12-2/h6-7H,3-4H2,1-2H3,(H,9,11). The van der Waals surface area contributed by atoms with Crippen LogP contribution in [0.2, 0.25) is 0 Å². The van der Waals surface area contributed by atoms with Gasteiger partial charge < -0.3 is 10.1 Å². The third kappa shape index (κ3) is 2.22. The molecule has 0 aromatic carbocycles. The molecule has 1 aliphatic carbocycles. The van der Waals surface area contributed by atoms with Gasteiger partial charge in [0, 0.05) is 0 Å². The minimum atomic E-state index is -0.526. The lowest BCUT2D eigenvalue weighted by atomic mass is 10.1. The Morgan fingerprint density at radius 2 is 2.08 bits per heavy atom. The van der Waals surface area contributed by atoms with E-state index in [9.17, 15) is 9.59 Å². The second-order valence-corrected chi connectivity index (χ2v) is 3.06. The smallest absolute Gasteiger partial charge is 0.407 e. The van der Waals surface area contributed by atoms with Crippen molar-refractivity contribution in [1.82, 2.24) is 5.32 Å². The fraction of sp³-hybridized carbons (Fsp3) is 0.750. The van der Waals surface area contributed by atoms with Crippen LogP contribution in [0.5, 0.6) is 0 Å². The number of hydrogen-bond acceptors (Lipinski definition) is 3. The Morgan fingerprint density at radius 1 is 1.50 bits per heavy atom. The van der Waals surface area contributed by atoms with E-state index >= 15 is 0 Å². The first-order chi connectivity index (χ1) is 5.65. The first-order valence-corrected chi connectivity index (χ1v) is 4.00. The van der Waals surface area contributed by atoms with Gasteiger partial charge in [0.25, 0.3) is 0 Å². The minimum Gasteiger partial charge on any atom is -0.453 e. The predicted octanol–water partition coefficient (Wildman–Crippen LogP) is 0.710. The molecule has 0 saturated heterocycles. The van der Waals surface area contributed by atoms with Crippen LogP contribution in [0.15, 0.2) is 0 Å². The average Bonchev–Trinajstić information content (AvgIpc) is 2.81. The third-order valence-electron chi connectivity index (χ3n) is 1.99. The number of ether oxygens (including phenoxy) is 1. The molecule has 0 spiro atoms. The molecular weight excluding hydrogens is 158 g/mol. The quantitative estimate of drug-likeness (QED) is 0.680. The topological polar surface area (TPSA) is 55.4 Å². The zero-order valence-corrected chi connectivity index (χ0v) is 7.29. The maximum absolute atomic E-state index is 11.0. The second-order valence-electron chi connectivity index (χ2n) is 3.06. The van der Waals surface area contributed by atoms with E-state index in [1.165, 1.54) is 14.0 Å². The van der Waals surface area contributed by atoms with Gasteiger partial charge in [0.15, 0.2) is 5.78 Å². The van der Waals surface area contributed by atoms with Crippen molar-refractivity contribution in [1.29, 1.82) is 0 Å². The summed E-state index contributed by atoms with van der Waals surface area (Å²) in [4.78, 5) is 21.8. The van der Waals surface area contributed by atoms with Crippen molar-refractivity contribution in [3.8, 4) is 0 Å². The van der Waals surface area contributed by atoms with Crippen molar-refractivity contribution < 1.29 is 14.3 Å². The van der Waals surface area contributed by atoms with Crippen molar-refractivity contribution >= 4 is 11.9 Å². The van der Waals surface area contributed by atoms with E-state index in [1.54, 1.807) is 0 Å². The fourth-order valence-electron chi connectivity index (χ4n) is 1.17. The molecule has 0 radical (unpaired) electrons. The minimum absolute atomic E-state index is 0.00269. The normalized spacial score (nSPS) is 18.2. The Kier molecular flexibility index (Phi) is 2.68. The molecule has 1 amide bonds. The summed E-state index contributed by atoms with van der Waals surface area (Å²) in [6.45, 7) is 1.49. The molecule has 0 heterocycles. The van der Waals surface area contributed by atoms with Crippen molar-refractivity contribution in [3.05, 3.63) is 0 Å². The monoisotopic (exact) mass is 171 g/mol. The van der Waals surface area contributed by atoms with Gasteiger partial charge in [-0.3, -0.25) is 4.79 Å². The summed E-state index contributed by atoms with van der Waals surface area (Å²) < 4.78 is 4.41. The number of carbonyl (C=O) groups excluding carboxylic acids is 2. The van der Waals surface area contributed by atoms with E-state index in [1.807, 2.05) is 0 Å². The zero-order valence-electron chi connectivity index (χ0n) is 7.29. The highest BCUT2D eigenvalue weighted by Crippen LogP contribution is 2.32. The molecule has 4 heteroatoms. The number of methoxy groups -OCH3 is 1. The maximum Gasteiger partial charge on any atom is 0.407 e. The molecule has 1 aliphatic rings. The number of nitrogens with one attached hydrogen (secondary N) is 1. The Hall–Kier alpha value is -1.06. The molecule has 0 aromatic rings. The summed E-state index contributed by atoms with van der Waals surface area (Å²) in [5.74, 6) is 0.337. The molecule has 1 fully saturated rings. The highest BCUT2D eigenvalue weighted by molar-refractivity contribution is 5.86. The van der Waals surface area contributed by atoms with Crippen molar-refractivity contribution in [3.63, 3.8) is 0 Å². The average molecular weight is 171 g/mol. The van der Waals surface area contributed by atoms with Crippen LogP contribution in [0.1, 0.15) is 19.8 Å². The third-order valence-corrected chi connectivity index (χ3v) is 1.99. The first-order valence-electron chi connectivity index (χ1n) is 4.00. The van der Waals surface area contributed by atoms with E-state index in [2.05, 4.69) is 10.1 Å². The second kappa shape index (κ2) is 3.56. The molecule has 1 atom stereocenters. The summed E-state index contributed by atoms with van der Waals surface area (Å²) in [6, 6.07) is -0.336. The van der Waals surface area contributed by atoms with E-state index < -0.39 is 6.09 Å². The molecule has 0 aromatic heterocycles. The van der Waals surface area contributed by atoms with E-state index in [4.69, 9.17) is 0 Å². The molecule has 4 nitrogen and oxygen atoms in total. The van der Waals surface area contributed by atoms with Crippen LogP contribution in [-0.2, 0) is 9.53 Å². The van der Waals surface area contributed by atoms with Crippen LogP contribution in [-0.4, -0.2) is 25.0 Å². The van der Waals surface area contributed by atoms with E-state index in [0.717, 1.165) is 12.8 Å². The molecule has 1 N–H and O–H groups in total. The lowest BCUT2D eigenvalue weighted by Gasteiger charge is -2.13. The molecule has 1 rings (SSSR count). The van der Waals surface area contributed by atoms with Crippen LogP contribution < -0.4 is 5.32 Å². The summed E-state index contributed by atoms with van der Waals surface area (Å²) in [5, 5.41) is 2.52. The van der Waals surface area contributed by atoms with Gasteiger partial charge in [0.05, 0.1) is 13.2 Å². The van der Waals surface area contributed by atoms with Gasteiger partial charge in [-0.05, 0) is 25.7 Å². The van der Waals surface area contributed by atoms with Crippen LogP contribution in [0.4, 0.5) is 4.79 Å². The lowest BCUT2D eigenvalue weighted by Crippen LogP contribution is -2.41. The molecule has 0 aliphatic heterocycles. The number of amides is 1. The van der Waals surface area contributed by atoms with Gasteiger partial charge in [0.1, 0.15) is 0 Å². The summed E-state index contributed by atoms with van der Waals surface area (Å²) in [5.41, 5.74) is 0. The van der Waals surface area contributed by atoms with Gasteiger partial charge >= 0.3 is 6.09 Å². The number of Topliss-reactive ketones (excluding diaryl/α,β-unsaturated/α-hetero) is 1. The van der Waals surface area contributed by atoms with Crippen LogP contribution >= 0.6 is 0 Å². The fourth-order valence-corrected chi connectivity index (χ4v) is 1.17. The van der Waals surface area contributed by atoms with Crippen molar-refractivity contribution in [2.75, 3.05) is 7.11 Å². The molecule has 1 unspecified atom stereocenters. The van der Waals surface area contributed by atoms with E-state index in [-0.39, 0.29) is 11.8 Å². The summed E-state index contributed by atoms with van der Waals surface area (Å²) in [7, 11) is 1.29. The summed E-state index contributed by atoms with van der Waals surface area (Å²) in [6.07, 6.45) is 1.52. The van der Waals surface area contributed by atoms with Gasteiger partial charge in [-0.25, -0.2) is 4.79 Å². The number of alkyl carbamates (subject to hydrolysis) is 1. The van der Waals surface area contributed by atoms with Gasteiger partial charge in [-0.15, -0.1) is 0 Å². The molecular formula is C8H13NO3. The summed E-state index contributed by atoms with van der Waals surface area (Å²) >= 11 is 0. The zero-order chi connectivity index (χ0) is 9.14. The predicted molar refractivity (Wildman–Crippen MR) is 42.7 cm³/mol. The SMILES string of the molecule is COC(=O)NC(C(C)=O)C1CC1. The Bertz CT molecular complexity index is 198. The molecule has 12 heavy (non-hydrogen) atoms. The highest BCUT2D eigenvalue weighted by Gasteiger charge is 2.35. The number of ketones is 1. The van der Waals surface area contributed by atoms with Crippen LogP contribution in [0.25, 0.3) is 0 Å². The van der Waals surface area contributed by atoms with Crippen LogP contribution in [0, 0.1) is 5.92 Å². The van der Waals surface area contributed by atoms with E-state index in [0.29, 0.717) is 5.92 Å². The van der Waals surface area contributed by atoms with Crippen molar-refractivity contribution in [2.45, 2.75) is 25.8 Å². The van der Waals surface area contributed by atoms with Crippen LogP contribution in [0.3, 0.4) is 0 Å².